The molecule has 0 unspecified atom stereocenters. The lowest BCUT2D eigenvalue weighted by Gasteiger charge is -2.25. The Morgan fingerprint density at radius 2 is 2.07 bits per heavy atom. The van der Waals surface area contributed by atoms with Gasteiger partial charge in [-0.15, -0.1) is 0 Å². The predicted molar refractivity (Wildman–Crippen MR) is 102 cm³/mol. The van der Waals surface area contributed by atoms with Gasteiger partial charge in [0, 0.05) is 11.6 Å². The number of aromatic nitrogens is 2. The highest BCUT2D eigenvalue weighted by atomic mass is 35.5. The molecule has 0 aliphatic heterocycles. The molecule has 7 nitrogen and oxygen atoms in total. The zero-order valence-corrected chi connectivity index (χ0v) is 16.6. The summed E-state index contributed by atoms with van der Waals surface area (Å²) in [5.74, 6) is -1.31. The van der Waals surface area contributed by atoms with Crippen LogP contribution in [0.2, 0.25) is 5.02 Å². The molecule has 0 bridgehead atoms. The highest BCUT2D eigenvalue weighted by molar-refractivity contribution is 7.88. The number of carboxylic acids is 1. The van der Waals surface area contributed by atoms with Crippen LogP contribution in [0, 0.1) is 11.2 Å². The van der Waals surface area contributed by atoms with Gasteiger partial charge in [-0.25, -0.2) is 27.5 Å². The van der Waals surface area contributed by atoms with Crippen molar-refractivity contribution >= 4 is 27.6 Å². The van der Waals surface area contributed by atoms with Crippen molar-refractivity contribution in [3.8, 4) is 11.4 Å². The van der Waals surface area contributed by atoms with Gasteiger partial charge in [0.05, 0.1) is 29.1 Å². The summed E-state index contributed by atoms with van der Waals surface area (Å²) in [6, 6.07) is 4.61. The standard InChI is InChI=1S/C18H19ClFN3O4S/c1-28(26,27)23-13-4-5-18(8-13,17(24)25)7-11-2-3-15(19)14(6-11)16-21-9-12(20)10-22-16/h2-3,6,9-10,13,23H,4-5,7-8H2,1H3,(H,24,25)/t13-,18+/m0/s1. The quantitative estimate of drug-likeness (QED) is 0.733. The second-order valence-electron chi connectivity index (χ2n) is 7.13. The molecule has 1 aromatic carbocycles. The van der Waals surface area contributed by atoms with Gasteiger partial charge in [-0.05, 0) is 43.4 Å². The molecule has 2 atom stereocenters. The first-order valence-electron chi connectivity index (χ1n) is 8.55. The van der Waals surface area contributed by atoms with E-state index < -0.39 is 33.3 Å². The van der Waals surface area contributed by atoms with Crippen LogP contribution in [0.3, 0.4) is 0 Å². The van der Waals surface area contributed by atoms with Crippen LogP contribution in [0.15, 0.2) is 30.6 Å². The summed E-state index contributed by atoms with van der Waals surface area (Å²) in [6.45, 7) is 0. The van der Waals surface area contributed by atoms with E-state index in [1.54, 1.807) is 18.2 Å². The van der Waals surface area contributed by atoms with E-state index in [1.165, 1.54) is 0 Å². The molecule has 2 aromatic rings. The molecule has 2 N–H and O–H groups in total. The van der Waals surface area contributed by atoms with Crippen molar-refractivity contribution in [2.45, 2.75) is 31.7 Å². The summed E-state index contributed by atoms with van der Waals surface area (Å²) in [6.07, 6.45) is 4.31. The first kappa shape index (κ1) is 20.6. The van der Waals surface area contributed by atoms with Gasteiger partial charge in [0.1, 0.15) is 0 Å². The van der Waals surface area contributed by atoms with Crippen molar-refractivity contribution in [2.24, 2.45) is 5.41 Å². The van der Waals surface area contributed by atoms with Crippen LogP contribution < -0.4 is 4.72 Å². The second-order valence-corrected chi connectivity index (χ2v) is 9.32. The third kappa shape index (κ3) is 4.65. The monoisotopic (exact) mass is 427 g/mol. The summed E-state index contributed by atoms with van der Waals surface area (Å²) in [4.78, 5) is 19.9. The van der Waals surface area contributed by atoms with Gasteiger partial charge in [-0.1, -0.05) is 17.7 Å². The molecule has 150 valence electrons. The normalized spacial score (nSPS) is 22.3. The Morgan fingerprint density at radius 1 is 1.39 bits per heavy atom. The maximum absolute atomic E-state index is 13.1. The van der Waals surface area contributed by atoms with E-state index in [0.29, 0.717) is 29.0 Å². The van der Waals surface area contributed by atoms with E-state index in [1.807, 2.05) is 0 Å². The van der Waals surface area contributed by atoms with Gasteiger partial charge < -0.3 is 5.11 Å². The Hall–Kier alpha value is -2.10. The largest absolute Gasteiger partial charge is 0.481 e. The molecule has 1 fully saturated rings. The molecular weight excluding hydrogens is 409 g/mol. The van der Waals surface area contributed by atoms with Crippen molar-refractivity contribution < 1.29 is 22.7 Å². The van der Waals surface area contributed by atoms with Crippen LogP contribution in [0.1, 0.15) is 24.8 Å². The summed E-state index contributed by atoms with van der Waals surface area (Å²) in [5, 5.41) is 10.2. The Morgan fingerprint density at radius 3 is 2.68 bits per heavy atom. The minimum absolute atomic E-state index is 0.195. The van der Waals surface area contributed by atoms with Crippen molar-refractivity contribution in [3.05, 3.63) is 47.0 Å². The van der Waals surface area contributed by atoms with Gasteiger partial charge in [-0.3, -0.25) is 4.79 Å². The Bertz CT molecular complexity index is 1000. The summed E-state index contributed by atoms with van der Waals surface area (Å²) in [5.41, 5.74) is 0.0927. The molecule has 0 saturated heterocycles. The first-order valence-corrected chi connectivity index (χ1v) is 10.8. The van der Waals surface area contributed by atoms with Crippen molar-refractivity contribution in [1.82, 2.24) is 14.7 Å². The number of sulfonamides is 1. The predicted octanol–water partition coefficient (Wildman–Crippen LogP) is 2.65. The van der Waals surface area contributed by atoms with E-state index >= 15 is 0 Å². The fraction of sp³-hybridized carbons (Fsp3) is 0.389. The Labute approximate surface area is 167 Å². The van der Waals surface area contributed by atoms with Crippen molar-refractivity contribution in [1.29, 1.82) is 0 Å². The van der Waals surface area contributed by atoms with E-state index in [4.69, 9.17) is 11.6 Å². The van der Waals surface area contributed by atoms with Crippen LogP contribution >= 0.6 is 11.6 Å². The van der Waals surface area contributed by atoms with Gasteiger partial charge in [0.25, 0.3) is 0 Å². The Kier molecular flexibility index (Phi) is 5.69. The number of nitrogens with zero attached hydrogens (tertiary/aromatic N) is 2. The Balaban J connectivity index is 1.88. The summed E-state index contributed by atoms with van der Waals surface area (Å²) < 4.78 is 38.5. The summed E-state index contributed by atoms with van der Waals surface area (Å²) in [7, 11) is -3.42. The zero-order chi connectivity index (χ0) is 20.5. The highest BCUT2D eigenvalue weighted by Gasteiger charge is 2.46. The highest BCUT2D eigenvalue weighted by Crippen LogP contribution is 2.42. The molecule has 3 rings (SSSR count). The van der Waals surface area contributed by atoms with E-state index in [-0.39, 0.29) is 18.7 Å². The zero-order valence-electron chi connectivity index (χ0n) is 15.0. The molecule has 1 aliphatic rings. The number of hydrogen-bond acceptors (Lipinski definition) is 5. The SMILES string of the molecule is CS(=O)(=O)N[C@H]1CC[C@](Cc2ccc(Cl)c(-c3ncc(F)cn3)c2)(C(=O)O)C1. The summed E-state index contributed by atoms with van der Waals surface area (Å²) >= 11 is 6.21. The van der Waals surface area contributed by atoms with Crippen LogP contribution in [0.4, 0.5) is 4.39 Å². The third-order valence-electron chi connectivity index (χ3n) is 4.88. The molecule has 1 aromatic heterocycles. The number of carbonyl (C=O) groups is 1. The number of aliphatic carboxylic acids is 1. The molecule has 1 aliphatic carbocycles. The number of rotatable bonds is 6. The van der Waals surface area contributed by atoms with Gasteiger partial charge in [-0.2, -0.15) is 0 Å². The lowest BCUT2D eigenvalue weighted by Crippen LogP contribution is -2.36. The van der Waals surface area contributed by atoms with Gasteiger partial charge in [0.2, 0.25) is 10.0 Å². The smallest absolute Gasteiger partial charge is 0.310 e. The minimum Gasteiger partial charge on any atom is -0.481 e. The lowest BCUT2D eigenvalue weighted by atomic mass is 9.79. The minimum atomic E-state index is -3.42. The number of carboxylic acid groups (broad SMARTS) is 1. The average Bonchev–Trinajstić information content (AvgIpc) is 2.99. The molecule has 0 radical (unpaired) electrons. The van der Waals surface area contributed by atoms with E-state index in [0.717, 1.165) is 18.6 Å². The van der Waals surface area contributed by atoms with Crippen LogP contribution in [0.5, 0.6) is 0 Å². The van der Waals surface area contributed by atoms with Crippen LogP contribution in [-0.2, 0) is 21.2 Å². The fourth-order valence-electron chi connectivity index (χ4n) is 3.66. The average molecular weight is 428 g/mol. The maximum atomic E-state index is 13.1. The first-order chi connectivity index (χ1) is 13.1. The molecule has 28 heavy (non-hydrogen) atoms. The van der Waals surface area contributed by atoms with Crippen molar-refractivity contribution in [2.75, 3.05) is 6.26 Å². The van der Waals surface area contributed by atoms with E-state index in [9.17, 15) is 22.7 Å². The topological polar surface area (TPSA) is 109 Å². The van der Waals surface area contributed by atoms with Gasteiger partial charge in [0.15, 0.2) is 11.6 Å². The molecule has 1 heterocycles. The van der Waals surface area contributed by atoms with E-state index in [2.05, 4.69) is 14.7 Å². The number of halogens is 2. The third-order valence-corrected chi connectivity index (χ3v) is 5.97. The van der Waals surface area contributed by atoms with Gasteiger partial charge >= 0.3 is 5.97 Å². The molecule has 10 heteroatoms. The second kappa shape index (κ2) is 7.73. The molecule has 0 spiro atoms. The molecule has 1 saturated carbocycles. The molecular formula is C18H19ClFN3O4S. The maximum Gasteiger partial charge on any atom is 0.310 e. The number of benzene rings is 1. The number of hydrogen-bond donors (Lipinski definition) is 2. The lowest BCUT2D eigenvalue weighted by molar-refractivity contribution is -0.148. The van der Waals surface area contributed by atoms with Crippen molar-refractivity contribution in [3.63, 3.8) is 0 Å². The molecule has 0 amide bonds. The van der Waals surface area contributed by atoms with Crippen LogP contribution in [0.25, 0.3) is 11.4 Å². The fourth-order valence-corrected chi connectivity index (χ4v) is 4.66. The van der Waals surface area contributed by atoms with Crippen LogP contribution in [-0.4, -0.2) is 41.8 Å². The number of nitrogens with one attached hydrogen (secondary N) is 1.